The largest absolute Gasteiger partial charge is 0.369 e. The van der Waals surface area contributed by atoms with E-state index < -0.39 is 0 Å². The Balaban J connectivity index is 2.05. The Morgan fingerprint density at radius 2 is 2.11 bits per heavy atom. The van der Waals surface area contributed by atoms with Crippen LogP contribution in [0.1, 0.15) is 12.5 Å². The van der Waals surface area contributed by atoms with Gasteiger partial charge in [-0.25, -0.2) is 0 Å². The number of pyridine rings is 1. The van der Waals surface area contributed by atoms with Crippen molar-refractivity contribution in [2.24, 2.45) is 5.92 Å². The number of rotatable bonds is 2. The monoisotopic (exact) mass is 255 g/mol. The van der Waals surface area contributed by atoms with Gasteiger partial charge >= 0.3 is 0 Å². The Hall–Kier alpha value is -1.61. The summed E-state index contributed by atoms with van der Waals surface area (Å²) in [6.07, 6.45) is 1.88. The summed E-state index contributed by atoms with van der Waals surface area (Å²) in [5.41, 5.74) is 3.69. The normalized spacial score (nSPS) is 23.2. The molecule has 1 aromatic carbocycles. The molecule has 1 fully saturated rings. The third-order valence-electron chi connectivity index (χ3n) is 4.27. The topological polar surface area (TPSA) is 28.2 Å². The maximum absolute atomic E-state index is 4.53. The molecule has 3 rings (SSSR count). The van der Waals surface area contributed by atoms with Crippen molar-refractivity contribution >= 4 is 16.6 Å². The fraction of sp³-hybridized carbons (Fsp3) is 0.438. The third-order valence-corrected chi connectivity index (χ3v) is 4.27. The summed E-state index contributed by atoms with van der Waals surface area (Å²) in [6, 6.07) is 9.21. The van der Waals surface area contributed by atoms with Gasteiger partial charge in [0.25, 0.3) is 0 Å². The van der Waals surface area contributed by atoms with E-state index in [0.29, 0.717) is 12.0 Å². The second kappa shape index (κ2) is 4.82. The third kappa shape index (κ3) is 2.08. The van der Waals surface area contributed by atoms with Crippen LogP contribution in [0.3, 0.4) is 0 Å². The zero-order valence-corrected chi connectivity index (χ0v) is 11.9. The SMILES string of the molecule is CNC1CN(c2ccc(C)c3ncccc23)CC1C. The molecule has 1 saturated heterocycles. The van der Waals surface area contributed by atoms with E-state index in [-0.39, 0.29) is 0 Å². The highest BCUT2D eigenvalue weighted by atomic mass is 15.2. The van der Waals surface area contributed by atoms with Crippen molar-refractivity contribution in [3.8, 4) is 0 Å². The molecule has 0 amide bonds. The number of aromatic nitrogens is 1. The Kier molecular flexibility index (Phi) is 3.15. The maximum Gasteiger partial charge on any atom is 0.0751 e. The summed E-state index contributed by atoms with van der Waals surface area (Å²) in [5.74, 6) is 0.679. The summed E-state index contributed by atoms with van der Waals surface area (Å²) in [4.78, 5) is 7.01. The van der Waals surface area contributed by atoms with Crippen LogP contribution in [0.2, 0.25) is 0 Å². The molecule has 2 atom stereocenters. The second-order valence-corrected chi connectivity index (χ2v) is 5.58. The number of nitrogens with zero attached hydrogens (tertiary/aromatic N) is 2. The van der Waals surface area contributed by atoms with Crippen LogP contribution in [0.25, 0.3) is 10.9 Å². The molecule has 3 heteroatoms. The zero-order valence-electron chi connectivity index (χ0n) is 11.9. The van der Waals surface area contributed by atoms with Gasteiger partial charge in [0.15, 0.2) is 0 Å². The molecule has 2 unspecified atom stereocenters. The van der Waals surface area contributed by atoms with Gasteiger partial charge < -0.3 is 10.2 Å². The molecule has 0 radical (unpaired) electrons. The highest BCUT2D eigenvalue weighted by Gasteiger charge is 2.29. The minimum Gasteiger partial charge on any atom is -0.369 e. The Morgan fingerprint density at radius 3 is 2.84 bits per heavy atom. The molecule has 19 heavy (non-hydrogen) atoms. The lowest BCUT2D eigenvalue weighted by Crippen LogP contribution is -2.32. The van der Waals surface area contributed by atoms with E-state index in [9.17, 15) is 0 Å². The predicted molar refractivity (Wildman–Crippen MR) is 80.7 cm³/mol. The molecule has 0 saturated carbocycles. The lowest BCUT2D eigenvalue weighted by molar-refractivity contribution is 0.490. The van der Waals surface area contributed by atoms with Crippen molar-refractivity contribution in [3.05, 3.63) is 36.0 Å². The van der Waals surface area contributed by atoms with Gasteiger partial charge in [-0.15, -0.1) is 0 Å². The van der Waals surface area contributed by atoms with Gasteiger partial charge in [-0.1, -0.05) is 13.0 Å². The number of hydrogen-bond acceptors (Lipinski definition) is 3. The lowest BCUT2D eigenvalue weighted by Gasteiger charge is -2.21. The van der Waals surface area contributed by atoms with Crippen molar-refractivity contribution in [2.45, 2.75) is 19.9 Å². The van der Waals surface area contributed by atoms with Crippen LogP contribution < -0.4 is 10.2 Å². The van der Waals surface area contributed by atoms with Crippen LogP contribution in [0.5, 0.6) is 0 Å². The molecular weight excluding hydrogens is 234 g/mol. The van der Waals surface area contributed by atoms with Crippen LogP contribution in [0.4, 0.5) is 5.69 Å². The summed E-state index contributed by atoms with van der Waals surface area (Å²) in [6.45, 7) is 6.63. The van der Waals surface area contributed by atoms with Crippen LogP contribution in [-0.4, -0.2) is 31.2 Å². The fourth-order valence-electron chi connectivity index (χ4n) is 3.11. The van der Waals surface area contributed by atoms with Crippen molar-refractivity contribution in [1.29, 1.82) is 0 Å². The van der Waals surface area contributed by atoms with Gasteiger partial charge in [0.1, 0.15) is 0 Å². The molecule has 3 nitrogen and oxygen atoms in total. The average Bonchev–Trinajstić information content (AvgIpc) is 2.80. The Morgan fingerprint density at radius 1 is 1.26 bits per heavy atom. The first-order valence-corrected chi connectivity index (χ1v) is 6.97. The van der Waals surface area contributed by atoms with E-state index in [1.54, 1.807) is 0 Å². The van der Waals surface area contributed by atoms with E-state index in [2.05, 4.69) is 54.3 Å². The molecule has 1 aromatic heterocycles. The number of hydrogen-bond donors (Lipinski definition) is 1. The van der Waals surface area contributed by atoms with Crippen molar-refractivity contribution in [3.63, 3.8) is 0 Å². The first-order chi connectivity index (χ1) is 9.20. The minimum absolute atomic E-state index is 0.577. The smallest absolute Gasteiger partial charge is 0.0751 e. The lowest BCUT2D eigenvalue weighted by atomic mass is 10.1. The average molecular weight is 255 g/mol. The molecule has 0 spiro atoms. The molecule has 1 aliphatic rings. The molecule has 2 heterocycles. The van der Waals surface area contributed by atoms with Gasteiger partial charge in [-0.05, 0) is 43.7 Å². The van der Waals surface area contributed by atoms with Gasteiger partial charge in [0, 0.05) is 36.4 Å². The van der Waals surface area contributed by atoms with Crippen molar-refractivity contribution in [2.75, 3.05) is 25.0 Å². The second-order valence-electron chi connectivity index (χ2n) is 5.58. The summed E-state index contributed by atoms with van der Waals surface area (Å²) in [7, 11) is 2.06. The summed E-state index contributed by atoms with van der Waals surface area (Å²) >= 11 is 0. The number of fused-ring (bicyclic) bond motifs is 1. The first kappa shape index (κ1) is 12.4. The van der Waals surface area contributed by atoms with Gasteiger partial charge in [-0.2, -0.15) is 0 Å². The molecule has 1 aliphatic heterocycles. The number of likely N-dealkylation sites (N-methyl/N-ethyl adjacent to an activating group) is 1. The minimum atomic E-state index is 0.577. The predicted octanol–water partition coefficient (Wildman–Crippen LogP) is 2.59. The number of aryl methyl sites for hydroxylation is 1. The van der Waals surface area contributed by atoms with Crippen molar-refractivity contribution in [1.82, 2.24) is 10.3 Å². The molecule has 2 aromatic rings. The molecule has 1 N–H and O–H groups in total. The number of benzene rings is 1. The summed E-state index contributed by atoms with van der Waals surface area (Å²) < 4.78 is 0. The molecule has 0 bridgehead atoms. The summed E-state index contributed by atoms with van der Waals surface area (Å²) in [5, 5.41) is 4.69. The Labute approximate surface area is 114 Å². The molecule has 0 aliphatic carbocycles. The maximum atomic E-state index is 4.53. The number of anilines is 1. The number of nitrogens with one attached hydrogen (secondary N) is 1. The van der Waals surface area contributed by atoms with E-state index in [1.165, 1.54) is 16.6 Å². The van der Waals surface area contributed by atoms with Crippen LogP contribution >= 0.6 is 0 Å². The van der Waals surface area contributed by atoms with Crippen LogP contribution in [-0.2, 0) is 0 Å². The van der Waals surface area contributed by atoms with Crippen molar-refractivity contribution < 1.29 is 0 Å². The van der Waals surface area contributed by atoms with Gasteiger partial charge in [0.05, 0.1) is 5.52 Å². The fourth-order valence-corrected chi connectivity index (χ4v) is 3.11. The highest BCUT2D eigenvalue weighted by Crippen LogP contribution is 2.31. The van der Waals surface area contributed by atoms with Crippen LogP contribution in [0.15, 0.2) is 30.5 Å². The zero-order chi connectivity index (χ0) is 13.4. The van der Waals surface area contributed by atoms with Crippen LogP contribution in [0, 0.1) is 12.8 Å². The quantitative estimate of drug-likeness (QED) is 0.894. The molecular formula is C16H21N3. The molecule has 100 valence electrons. The van der Waals surface area contributed by atoms with E-state index >= 15 is 0 Å². The van der Waals surface area contributed by atoms with Gasteiger partial charge in [-0.3, -0.25) is 4.98 Å². The standard InChI is InChI=1S/C16H21N3/c1-11-6-7-15(13-5-4-8-18-16(11)13)19-9-12(2)14(10-19)17-3/h4-8,12,14,17H,9-10H2,1-3H3. The van der Waals surface area contributed by atoms with E-state index in [1.807, 2.05) is 12.3 Å². The highest BCUT2D eigenvalue weighted by molar-refractivity contribution is 5.93. The van der Waals surface area contributed by atoms with E-state index in [4.69, 9.17) is 0 Å². The van der Waals surface area contributed by atoms with Gasteiger partial charge in [0.2, 0.25) is 0 Å². The van der Waals surface area contributed by atoms with E-state index in [0.717, 1.165) is 18.6 Å². The first-order valence-electron chi connectivity index (χ1n) is 6.97. The Bertz CT molecular complexity index is 594.